The van der Waals surface area contributed by atoms with Crippen molar-refractivity contribution in [1.29, 1.82) is 0 Å². The maximum Gasteiger partial charge on any atom is 0.222 e. The minimum atomic E-state index is -0.993. The summed E-state index contributed by atoms with van der Waals surface area (Å²) in [7, 11) is 0. The van der Waals surface area contributed by atoms with Crippen LogP contribution in [0.3, 0.4) is 0 Å². The van der Waals surface area contributed by atoms with Gasteiger partial charge < -0.3 is 15.5 Å². The van der Waals surface area contributed by atoms with Gasteiger partial charge in [0, 0.05) is 0 Å². The number of benzene rings is 1. The van der Waals surface area contributed by atoms with Crippen LogP contribution in [0.5, 0.6) is 0 Å². The SMILES string of the molecule is CC(C)C(O)CC(=O)NCC1(O)CCCc2ccccc21. The molecule has 1 aromatic carbocycles. The Morgan fingerprint density at radius 3 is 2.81 bits per heavy atom. The molecular weight excluding hydrogens is 266 g/mol. The van der Waals surface area contributed by atoms with Crippen molar-refractivity contribution >= 4 is 5.91 Å². The van der Waals surface area contributed by atoms with Crippen LogP contribution in [0, 0.1) is 5.92 Å². The molecule has 1 aliphatic carbocycles. The van der Waals surface area contributed by atoms with Gasteiger partial charge in [0.25, 0.3) is 0 Å². The van der Waals surface area contributed by atoms with Crippen molar-refractivity contribution in [2.45, 2.75) is 51.2 Å². The zero-order valence-corrected chi connectivity index (χ0v) is 12.8. The van der Waals surface area contributed by atoms with Gasteiger partial charge in [0.2, 0.25) is 5.91 Å². The number of hydrogen-bond donors (Lipinski definition) is 3. The Hall–Kier alpha value is -1.39. The average molecular weight is 291 g/mol. The predicted octanol–water partition coefficient (Wildman–Crippen LogP) is 1.73. The molecule has 2 atom stereocenters. The molecule has 0 saturated heterocycles. The summed E-state index contributed by atoms with van der Waals surface area (Å²) in [5.74, 6) is -0.165. The van der Waals surface area contributed by atoms with Gasteiger partial charge in [-0.3, -0.25) is 4.79 Å². The van der Waals surface area contributed by atoms with Gasteiger partial charge in [-0.15, -0.1) is 0 Å². The van der Waals surface area contributed by atoms with Crippen LogP contribution in [0.2, 0.25) is 0 Å². The smallest absolute Gasteiger partial charge is 0.222 e. The van der Waals surface area contributed by atoms with Crippen LogP contribution in [0.4, 0.5) is 0 Å². The van der Waals surface area contributed by atoms with Crippen molar-refractivity contribution in [2.24, 2.45) is 5.92 Å². The number of hydrogen-bond acceptors (Lipinski definition) is 3. The Bertz CT molecular complexity index is 501. The topological polar surface area (TPSA) is 69.6 Å². The third kappa shape index (κ3) is 3.83. The summed E-state index contributed by atoms with van der Waals surface area (Å²) < 4.78 is 0. The van der Waals surface area contributed by atoms with E-state index in [1.807, 2.05) is 38.1 Å². The van der Waals surface area contributed by atoms with Gasteiger partial charge in [-0.2, -0.15) is 0 Å². The summed E-state index contributed by atoms with van der Waals surface area (Å²) in [6, 6.07) is 7.86. The van der Waals surface area contributed by atoms with Crippen LogP contribution in [0.25, 0.3) is 0 Å². The summed E-state index contributed by atoms with van der Waals surface area (Å²) in [5, 5.41) is 23.3. The molecule has 0 fully saturated rings. The maximum atomic E-state index is 11.9. The van der Waals surface area contributed by atoms with Gasteiger partial charge in [-0.25, -0.2) is 0 Å². The molecule has 116 valence electrons. The molecule has 0 heterocycles. The predicted molar refractivity (Wildman–Crippen MR) is 81.7 cm³/mol. The number of aryl methyl sites for hydroxylation is 1. The monoisotopic (exact) mass is 291 g/mol. The Balaban J connectivity index is 1.98. The molecule has 0 spiro atoms. The van der Waals surface area contributed by atoms with E-state index in [4.69, 9.17) is 0 Å². The van der Waals surface area contributed by atoms with E-state index in [1.54, 1.807) is 0 Å². The lowest BCUT2D eigenvalue weighted by Gasteiger charge is -2.34. The highest BCUT2D eigenvalue weighted by atomic mass is 16.3. The van der Waals surface area contributed by atoms with Crippen LogP contribution in [0.15, 0.2) is 24.3 Å². The lowest BCUT2D eigenvalue weighted by molar-refractivity contribution is -0.125. The van der Waals surface area contributed by atoms with Gasteiger partial charge in [0.15, 0.2) is 0 Å². The Morgan fingerprint density at radius 2 is 2.10 bits per heavy atom. The normalized spacial score (nSPS) is 22.7. The second-order valence-electron chi connectivity index (χ2n) is 6.33. The molecule has 1 aromatic rings. The molecule has 3 N–H and O–H groups in total. The summed E-state index contributed by atoms with van der Waals surface area (Å²) in [5.41, 5.74) is 1.08. The Kier molecular flexibility index (Phi) is 5.01. The van der Waals surface area contributed by atoms with E-state index in [-0.39, 0.29) is 24.8 Å². The van der Waals surface area contributed by atoms with Crippen molar-refractivity contribution in [1.82, 2.24) is 5.32 Å². The number of aliphatic hydroxyl groups excluding tert-OH is 1. The number of aliphatic hydroxyl groups is 2. The van der Waals surface area contributed by atoms with E-state index in [9.17, 15) is 15.0 Å². The Labute approximate surface area is 126 Å². The Morgan fingerprint density at radius 1 is 1.38 bits per heavy atom. The second kappa shape index (κ2) is 6.58. The summed E-state index contributed by atoms with van der Waals surface area (Å²) in [6.07, 6.45) is 1.97. The highest BCUT2D eigenvalue weighted by Gasteiger charge is 2.34. The van der Waals surface area contributed by atoms with E-state index < -0.39 is 11.7 Å². The van der Waals surface area contributed by atoms with Crippen molar-refractivity contribution in [3.05, 3.63) is 35.4 Å². The fourth-order valence-electron chi connectivity index (χ4n) is 2.82. The number of fused-ring (bicyclic) bond motifs is 1. The third-order valence-electron chi connectivity index (χ3n) is 4.30. The zero-order valence-electron chi connectivity index (χ0n) is 12.8. The summed E-state index contributed by atoms with van der Waals surface area (Å²) in [4.78, 5) is 11.9. The number of nitrogens with one attached hydrogen (secondary N) is 1. The molecule has 0 aromatic heterocycles. The molecule has 1 amide bonds. The van der Waals surface area contributed by atoms with Crippen molar-refractivity contribution in [3.8, 4) is 0 Å². The van der Waals surface area contributed by atoms with Gasteiger partial charge >= 0.3 is 0 Å². The van der Waals surface area contributed by atoms with Crippen molar-refractivity contribution in [3.63, 3.8) is 0 Å². The molecule has 4 nitrogen and oxygen atoms in total. The van der Waals surface area contributed by atoms with Gasteiger partial charge in [-0.05, 0) is 36.3 Å². The lowest BCUT2D eigenvalue weighted by atomic mass is 9.79. The van der Waals surface area contributed by atoms with E-state index >= 15 is 0 Å². The molecule has 1 aliphatic rings. The van der Waals surface area contributed by atoms with Crippen molar-refractivity contribution in [2.75, 3.05) is 6.54 Å². The highest BCUT2D eigenvalue weighted by molar-refractivity contribution is 5.76. The fourth-order valence-corrected chi connectivity index (χ4v) is 2.82. The van der Waals surface area contributed by atoms with Crippen LogP contribution < -0.4 is 5.32 Å². The molecule has 0 saturated carbocycles. The van der Waals surface area contributed by atoms with E-state index in [1.165, 1.54) is 0 Å². The molecule has 2 unspecified atom stereocenters. The van der Waals surface area contributed by atoms with Gasteiger partial charge in [-0.1, -0.05) is 38.1 Å². The molecule has 4 heteroatoms. The number of rotatable bonds is 5. The quantitative estimate of drug-likeness (QED) is 0.774. The number of carbonyl (C=O) groups is 1. The first-order valence-corrected chi connectivity index (χ1v) is 7.68. The average Bonchev–Trinajstić information content (AvgIpc) is 2.46. The molecule has 0 radical (unpaired) electrons. The summed E-state index contributed by atoms with van der Waals surface area (Å²) >= 11 is 0. The first-order chi connectivity index (χ1) is 9.92. The number of amides is 1. The van der Waals surface area contributed by atoms with Crippen LogP contribution in [0.1, 0.15) is 44.2 Å². The largest absolute Gasteiger partial charge is 0.392 e. The summed E-state index contributed by atoms with van der Waals surface area (Å²) in [6.45, 7) is 3.96. The van der Waals surface area contributed by atoms with Gasteiger partial charge in [0.1, 0.15) is 5.60 Å². The maximum absolute atomic E-state index is 11.9. The first kappa shape index (κ1) is 16.0. The second-order valence-corrected chi connectivity index (χ2v) is 6.33. The lowest BCUT2D eigenvalue weighted by Crippen LogP contribution is -2.43. The van der Waals surface area contributed by atoms with Crippen LogP contribution >= 0.6 is 0 Å². The van der Waals surface area contributed by atoms with E-state index in [0.717, 1.165) is 24.0 Å². The number of carbonyl (C=O) groups excluding carboxylic acids is 1. The van der Waals surface area contributed by atoms with Crippen LogP contribution in [-0.4, -0.2) is 28.8 Å². The minimum Gasteiger partial charge on any atom is -0.392 e. The molecule has 0 bridgehead atoms. The third-order valence-corrected chi connectivity index (χ3v) is 4.30. The van der Waals surface area contributed by atoms with Gasteiger partial charge in [0.05, 0.1) is 19.1 Å². The highest BCUT2D eigenvalue weighted by Crippen LogP contribution is 2.34. The first-order valence-electron chi connectivity index (χ1n) is 7.68. The molecule has 0 aliphatic heterocycles. The zero-order chi connectivity index (χ0) is 15.5. The molecule has 21 heavy (non-hydrogen) atoms. The fraction of sp³-hybridized carbons (Fsp3) is 0.588. The van der Waals surface area contributed by atoms with E-state index in [2.05, 4.69) is 5.32 Å². The van der Waals surface area contributed by atoms with Crippen LogP contribution in [-0.2, 0) is 16.8 Å². The molecular formula is C17H25NO3. The van der Waals surface area contributed by atoms with E-state index in [0.29, 0.717) is 6.42 Å². The van der Waals surface area contributed by atoms with Crippen molar-refractivity contribution < 1.29 is 15.0 Å². The molecule has 2 rings (SSSR count). The standard InChI is InChI=1S/C17H25NO3/c1-12(2)15(19)10-16(20)18-11-17(21)9-5-7-13-6-3-4-8-14(13)17/h3-4,6,8,12,15,19,21H,5,7,9-11H2,1-2H3,(H,18,20). The minimum absolute atomic E-state index is 0.0502.